The molecule has 31 heavy (non-hydrogen) atoms. The lowest BCUT2D eigenvalue weighted by atomic mass is 9.93. The molecule has 0 amide bonds. The Bertz CT molecular complexity index is 1430. The van der Waals surface area contributed by atoms with E-state index in [-0.39, 0.29) is 5.78 Å². The number of carbonyl (C=O) groups excluding carboxylic acids is 1. The summed E-state index contributed by atoms with van der Waals surface area (Å²) in [5.74, 6) is 0.622. The monoisotopic (exact) mass is 405 g/mol. The highest BCUT2D eigenvalue weighted by Crippen LogP contribution is 2.33. The summed E-state index contributed by atoms with van der Waals surface area (Å²) in [5.41, 5.74) is 12.1. The van der Waals surface area contributed by atoms with Gasteiger partial charge in [0.1, 0.15) is 0 Å². The Labute approximate surface area is 180 Å². The van der Waals surface area contributed by atoms with Crippen molar-refractivity contribution in [1.82, 2.24) is 10.2 Å². The van der Waals surface area contributed by atoms with Crippen LogP contribution in [0, 0.1) is 0 Å². The van der Waals surface area contributed by atoms with Gasteiger partial charge in [0.05, 0.1) is 10.9 Å². The summed E-state index contributed by atoms with van der Waals surface area (Å²) in [6, 6.07) is 26.4. The fraction of sp³-hybridized carbons (Fsp3) is 0.111. The Kier molecular flexibility index (Phi) is 4.75. The van der Waals surface area contributed by atoms with E-state index in [1.165, 1.54) is 5.56 Å². The number of nitrogens with two attached hydrogens (primary N) is 1. The van der Waals surface area contributed by atoms with E-state index in [1.807, 2.05) is 54.6 Å². The van der Waals surface area contributed by atoms with Gasteiger partial charge in [-0.05, 0) is 51.6 Å². The quantitative estimate of drug-likeness (QED) is 0.355. The molecule has 4 heteroatoms. The molecule has 152 valence electrons. The molecule has 0 spiro atoms. The molecule has 0 fully saturated rings. The maximum atomic E-state index is 13.1. The third kappa shape index (κ3) is 3.46. The topological polar surface area (TPSA) is 71.8 Å². The van der Waals surface area contributed by atoms with Crippen LogP contribution < -0.4 is 5.73 Å². The summed E-state index contributed by atoms with van der Waals surface area (Å²) in [4.78, 5) is 13.1. The van der Waals surface area contributed by atoms with Crippen LogP contribution in [-0.2, 0) is 12.8 Å². The van der Waals surface area contributed by atoms with Crippen molar-refractivity contribution in [2.45, 2.75) is 19.8 Å². The summed E-state index contributed by atoms with van der Waals surface area (Å²) < 4.78 is 0. The molecule has 3 N–H and O–H groups in total. The molecular formula is C27H23N3O. The van der Waals surface area contributed by atoms with Gasteiger partial charge in [0.15, 0.2) is 11.6 Å². The molecule has 5 rings (SSSR count). The van der Waals surface area contributed by atoms with E-state index in [0.29, 0.717) is 12.2 Å². The van der Waals surface area contributed by atoms with Gasteiger partial charge < -0.3 is 5.73 Å². The van der Waals surface area contributed by atoms with Crippen molar-refractivity contribution in [3.63, 3.8) is 0 Å². The Morgan fingerprint density at radius 2 is 1.74 bits per heavy atom. The zero-order valence-electron chi connectivity index (χ0n) is 17.4. The average Bonchev–Trinajstić information content (AvgIpc) is 3.19. The number of benzene rings is 4. The predicted octanol–water partition coefficient (Wildman–Crippen LogP) is 5.95. The minimum atomic E-state index is 0.132. The molecule has 1 aromatic heterocycles. The van der Waals surface area contributed by atoms with E-state index in [9.17, 15) is 4.79 Å². The molecule has 0 radical (unpaired) electrons. The van der Waals surface area contributed by atoms with E-state index >= 15 is 0 Å². The molecule has 0 bridgehead atoms. The van der Waals surface area contributed by atoms with Crippen LogP contribution in [0.1, 0.15) is 28.4 Å². The first-order valence-corrected chi connectivity index (χ1v) is 10.5. The minimum Gasteiger partial charge on any atom is -0.382 e. The van der Waals surface area contributed by atoms with Gasteiger partial charge in [-0.1, -0.05) is 73.7 Å². The Balaban J connectivity index is 1.54. The lowest BCUT2D eigenvalue weighted by Crippen LogP contribution is -2.04. The zero-order valence-corrected chi connectivity index (χ0v) is 17.4. The number of anilines is 1. The van der Waals surface area contributed by atoms with Crippen molar-refractivity contribution in [3.8, 4) is 11.1 Å². The number of ketones is 1. The third-order valence-electron chi connectivity index (χ3n) is 5.87. The molecule has 4 aromatic carbocycles. The maximum Gasteiger partial charge on any atom is 0.167 e. The van der Waals surface area contributed by atoms with Crippen molar-refractivity contribution in [1.29, 1.82) is 0 Å². The molecule has 0 saturated heterocycles. The normalized spacial score (nSPS) is 11.3. The summed E-state index contributed by atoms with van der Waals surface area (Å²) in [7, 11) is 0. The van der Waals surface area contributed by atoms with Crippen molar-refractivity contribution in [2.75, 3.05) is 5.73 Å². The smallest absolute Gasteiger partial charge is 0.167 e. The van der Waals surface area contributed by atoms with Crippen LogP contribution in [0.25, 0.3) is 32.8 Å². The number of nitrogens with zero attached hydrogens (tertiary/aromatic N) is 1. The summed E-state index contributed by atoms with van der Waals surface area (Å²) in [6.07, 6.45) is 1.37. The van der Waals surface area contributed by atoms with Gasteiger partial charge in [0.2, 0.25) is 0 Å². The number of fused-ring (bicyclic) bond motifs is 2. The number of rotatable bonds is 5. The molecule has 5 aromatic rings. The molecule has 0 unspecified atom stereocenters. The van der Waals surface area contributed by atoms with E-state index < -0.39 is 0 Å². The van der Waals surface area contributed by atoms with E-state index in [2.05, 4.69) is 41.4 Å². The highest BCUT2D eigenvalue weighted by atomic mass is 16.1. The van der Waals surface area contributed by atoms with Gasteiger partial charge in [-0.25, -0.2) is 0 Å². The van der Waals surface area contributed by atoms with Crippen LogP contribution in [0.3, 0.4) is 0 Å². The van der Waals surface area contributed by atoms with Crippen molar-refractivity contribution in [3.05, 3.63) is 95.6 Å². The largest absolute Gasteiger partial charge is 0.382 e. The average molecular weight is 406 g/mol. The molecule has 0 aliphatic heterocycles. The van der Waals surface area contributed by atoms with Gasteiger partial charge in [0, 0.05) is 12.0 Å². The maximum absolute atomic E-state index is 13.1. The Hall–Kier alpha value is -3.92. The van der Waals surface area contributed by atoms with Crippen LogP contribution in [-0.4, -0.2) is 16.0 Å². The summed E-state index contributed by atoms with van der Waals surface area (Å²) in [5, 5.41) is 10.0. The molecule has 0 atom stereocenters. The second-order valence-electron chi connectivity index (χ2n) is 7.85. The molecule has 0 saturated carbocycles. The number of aromatic nitrogens is 2. The molecular weight excluding hydrogens is 382 g/mol. The van der Waals surface area contributed by atoms with Crippen LogP contribution in [0.15, 0.2) is 78.9 Å². The molecule has 0 aliphatic carbocycles. The highest BCUT2D eigenvalue weighted by molar-refractivity contribution is 6.10. The number of Topliss-reactive ketones (excluding diaryl/α,β-unsaturated/α-hetero) is 1. The molecule has 4 nitrogen and oxygen atoms in total. The first-order chi connectivity index (χ1) is 15.1. The zero-order chi connectivity index (χ0) is 21.4. The third-order valence-corrected chi connectivity index (χ3v) is 5.87. The highest BCUT2D eigenvalue weighted by Gasteiger charge is 2.14. The minimum absolute atomic E-state index is 0.132. The number of aromatic amines is 1. The number of nitrogen functional groups attached to an aromatic ring is 1. The second kappa shape index (κ2) is 7.73. The number of hydrogen-bond donors (Lipinski definition) is 2. The van der Waals surface area contributed by atoms with Gasteiger partial charge in [-0.3, -0.25) is 9.89 Å². The van der Waals surface area contributed by atoms with Crippen molar-refractivity contribution < 1.29 is 4.79 Å². The lowest BCUT2D eigenvalue weighted by molar-refractivity contribution is 0.0994. The van der Waals surface area contributed by atoms with Gasteiger partial charge in [-0.2, -0.15) is 5.10 Å². The summed E-state index contributed by atoms with van der Waals surface area (Å²) >= 11 is 0. The van der Waals surface area contributed by atoms with Crippen LogP contribution in [0.4, 0.5) is 5.82 Å². The number of nitrogens with one attached hydrogen (secondary N) is 1. The number of aryl methyl sites for hydroxylation is 1. The fourth-order valence-electron chi connectivity index (χ4n) is 4.27. The van der Waals surface area contributed by atoms with Crippen LogP contribution in [0.5, 0.6) is 0 Å². The second-order valence-corrected chi connectivity index (χ2v) is 7.85. The lowest BCUT2D eigenvalue weighted by Gasteiger charge is -2.10. The van der Waals surface area contributed by atoms with Gasteiger partial charge in [-0.15, -0.1) is 0 Å². The van der Waals surface area contributed by atoms with E-state index in [0.717, 1.165) is 50.4 Å². The molecule has 1 heterocycles. The van der Waals surface area contributed by atoms with Crippen LogP contribution in [0.2, 0.25) is 0 Å². The number of H-pyrrole nitrogens is 1. The predicted molar refractivity (Wildman–Crippen MR) is 127 cm³/mol. The fourth-order valence-corrected chi connectivity index (χ4v) is 4.27. The first kappa shape index (κ1) is 19.1. The van der Waals surface area contributed by atoms with E-state index in [4.69, 9.17) is 5.73 Å². The van der Waals surface area contributed by atoms with Crippen molar-refractivity contribution >= 4 is 33.3 Å². The SMILES string of the molecule is CCc1cccc(CC(=O)c2cccc3cc(-c4cccc5[nH]nc(N)c45)ccc23)c1. The Morgan fingerprint density at radius 1 is 0.935 bits per heavy atom. The first-order valence-electron chi connectivity index (χ1n) is 10.5. The number of carbonyl (C=O) groups is 1. The van der Waals surface area contributed by atoms with Crippen molar-refractivity contribution in [2.24, 2.45) is 0 Å². The van der Waals surface area contributed by atoms with E-state index in [1.54, 1.807) is 0 Å². The Morgan fingerprint density at radius 3 is 2.61 bits per heavy atom. The van der Waals surface area contributed by atoms with Gasteiger partial charge >= 0.3 is 0 Å². The number of hydrogen-bond acceptors (Lipinski definition) is 3. The van der Waals surface area contributed by atoms with Gasteiger partial charge in [0.25, 0.3) is 0 Å². The standard InChI is InChI=1S/C27H23N3O/c1-2-17-6-3-7-18(14-17)15-25(31)23-10-4-8-19-16-20(12-13-21(19)23)22-9-5-11-24-26(22)27(28)30-29-24/h3-14,16H,2,15H2,1H3,(H3,28,29,30). The molecule has 0 aliphatic rings. The van der Waals surface area contributed by atoms with Crippen LogP contribution >= 0.6 is 0 Å². The summed E-state index contributed by atoms with van der Waals surface area (Å²) in [6.45, 7) is 2.13.